The van der Waals surface area contributed by atoms with Gasteiger partial charge >= 0.3 is 5.97 Å². The molecule has 0 radical (unpaired) electrons. The van der Waals surface area contributed by atoms with E-state index in [2.05, 4.69) is 10.1 Å². The zero-order valence-corrected chi connectivity index (χ0v) is 8.62. The van der Waals surface area contributed by atoms with Crippen molar-refractivity contribution in [2.75, 3.05) is 20.3 Å². The standard InChI is InChI=1S/C9H15NO4/c1-6(2)10-7(11)9(4-14-5-9)8(12)13-3/h6H,4-5H2,1-3H3,(H,10,11). The Kier molecular flexibility index (Phi) is 3.10. The molecule has 1 heterocycles. The van der Waals surface area contributed by atoms with Crippen LogP contribution in [0.3, 0.4) is 0 Å². The highest BCUT2D eigenvalue weighted by Crippen LogP contribution is 2.29. The van der Waals surface area contributed by atoms with Crippen molar-refractivity contribution in [3.8, 4) is 0 Å². The van der Waals surface area contributed by atoms with Gasteiger partial charge in [-0.2, -0.15) is 0 Å². The minimum Gasteiger partial charge on any atom is -0.468 e. The Labute approximate surface area is 82.8 Å². The second kappa shape index (κ2) is 3.96. The maximum atomic E-state index is 11.7. The lowest BCUT2D eigenvalue weighted by Crippen LogP contribution is -2.60. The minimum absolute atomic E-state index is 0.00429. The third-order valence-corrected chi connectivity index (χ3v) is 2.13. The van der Waals surface area contributed by atoms with E-state index in [4.69, 9.17) is 4.74 Å². The van der Waals surface area contributed by atoms with Gasteiger partial charge in [0, 0.05) is 6.04 Å². The van der Waals surface area contributed by atoms with E-state index >= 15 is 0 Å². The first-order valence-corrected chi connectivity index (χ1v) is 4.50. The molecule has 1 N–H and O–H groups in total. The van der Waals surface area contributed by atoms with Gasteiger partial charge in [-0.25, -0.2) is 0 Å². The molecule has 0 atom stereocenters. The maximum absolute atomic E-state index is 11.7. The van der Waals surface area contributed by atoms with Crippen LogP contribution in [0.1, 0.15) is 13.8 Å². The highest BCUT2D eigenvalue weighted by molar-refractivity contribution is 6.04. The van der Waals surface area contributed by atoms with Crippen LogP contribution < -0.4 is 5.32 Å². The Bertz CT molecular complexity index is 245. The zero-order valence-electron chi connectivity index (χ0n) is 8.62. The van der Waals surface area contributed by atoms with Gasteiger partial charge < -0.3 is 14.8 Å². The topological polar surface area (TPSA) is 64.6 Å². The molecule has 0 bridgehead atoms. The maximum Gasteiger partial charge on any atom is 0.326 e. The molecule has 0 aliphatic carbocycles. The number of nitrogens with one attached hydrogen (secondary N) is 1. The van der Waals surface area contributed by atoms with Crippen LogP contribution in [0.4, 0.5) is 0 Å². The van der Waals surface area contributed by atoms with Crippen LogP contribution in [0.25, 0.3) is 0 Å². The highest BCUT2D eigenvalue weighted by atomic mass is 16.5. The van der Waals surface area contributed by atoms with Crippen molar-refractivity contribution in [2.24, 2.45) is 5.41 Å². The van der Waals surface area contributed by atoms with E-state index in [1.807, 2.05) is 13.8 Å². The summed E-state index contributed by atoms with van der Waals surface area (Å²) in [6.45, 7) is 3.89. The van der Waals surface area contributed by atoms with Gasteiger partial charge in [0.2, 0.25) is 5.91 Å². The van der Waals surface area contributed by atoms with Crippen LogP contribution >= 0.6 is 0 Å². The molecule has 0 aromatic rings. The van der Waals surface area contributed by atoms with Gasteiger partial charge in [-0.15, -0.1) is 0 Å². The molecule has 0 unspecified atom stereocenters. The SMILES string of the molecule is COC(=O)C1(C(=O)NC(C)C)COC1. The lowest BCUT2D eigenvalue weighted by Gasteiger charge is -2.37. The number of rotatable bonds is 3. The van der Waals surface area contributed by atoms with Gasteiger partial charge in [-0.1, -0.05) is 0 Å². The molecule has 0 aromatic heterocycles. The van der Waals surface area contributed by atoms with Crippen molar-refractivity contribution >= 4 is 11.9 Å². The molecule has 1 aliphatic rings. The number of hydrogen-bond acceptors (Lipinski definition) is 4. The lowest BCUT2D eigenvalue weighted by molar-refractivity contribution is -0.188. The van der Waals surface area contributed by atoms with E-state index in [-0.39, 0.29) is 25.2 Å². The summed E-state index contributed by atoms with van der Waals surface area (Å²) in [6, 6.07) is 0.00429. The first-order chi connectivity index (χ1) is 6.53. The van der Waals surface area contributed by atoms with Crippen molar-refractivity contribution < 1.29 is 19.1 Å². The molecule has 14 heavy (non-hydrogen) atoms. The van der Waals surface area contributed by atoms with Crippen molar-refractivity contribution in [1.29, 1.82) is 0 Å². The van der Waals surface area contributed by atoms with Crippen LogP contribution in [0.2, 0.25) is 0 Å². The molecular weight excluding hydrogens is 186 g/mol. The largest absolute Gasteiger partial charge is 0.468 e. The van der Waals surface area contributed by atoms with Crippen LogP contribution in [0, 0.1) is 5.41 Å². The summed E-state index contributed by atoms with van der Waals surface area (Å²) in [5.74, 6) is -0.840. The van der Waals surface area contributed by atoms with Crippen molar-refractivity contribution in [3.63, 3.8) is 0 Å². The lowest BCUT2D eigenvalue weighted by atomic mass is 9.84. The molecule has 1 fully saturated rings. The fourth-order valence-corrected chi connectivity index (χ4v) is 1.24. The third-order valence-electron chi connectivity index (χ3n) is 2.13. The van der Waals surface area contributed by atoms with Gasteiger partial charge in [0.1, 0.15) is 0 Å². The summed E-state index contributed by atoms with van der Waals surface area (Å²) in [5, 5.41) is 2.68. The van der Waals surface area contributed by atoms with Crippen molar-refractivity contribution in [1.82, 2.24) is 5.32 Å². The fraction of sp³-hybridized carbons (Fsp3) is 0.778. The number of amides is 1. The molecule has 0 aromatic carbocycles. The van der Waals surface area contributed by atoms with Crippen molar-refractivity contribution in [2.45, 2.75) is 19.9 Å². The van der Waals surface area contributed by atoms with Gasteiger partial charge in [-0.05, 0) is 13.8 Å². The molecule has 5 heteroatoms. The van der Waals surface area contributed by atoms with Gasteiger partial charge in [-0.3, -0.25) is 9.59 Å². The quantitative estimate of drug-likeness (QED) is 0.503. The third kappa shape index (κ3) is 1.72. The number of carbonyl (C=O) groups excluding carboxylic acids is 2. The predicted molar refractivity (Wildman–Crippen MR) is 48.5 cm³/mol. The molecule has 1 rings (SSSR count). The number of methoxy groups -OCH3 is 1. The van der Waals surface area contributed by atoms with E-state index in [1.165, 1.54) is 7.11 Å². The summed E-state index contributed by atoms with van der Waals surface area (Å²) in [7, 11) is 1.27. The van der Waals surface area contributed by atoms with E-state index in [1.54, 1.807) is 0 Å². The molecule has 0 spiro atoms. The summed E-state index contributed by atoms with van der Waals surface area (Å²) >= 11 is 0. The summed E-state index contributed by atoms with van der Waals surface area (Å²) in [5.41, 5.74) is -1.11. The molecule has 5 nitrogen and oxygen atoms in total. The molecule has 0 saturated carbocycles. The summed E-state index contributed by atoms with van der Waals surface area (Å²) in [4.78, 5) is 23.0. The Morgan fingerprint density at radius 2 is 2.00 bits per heavy atom. The second-order valence-electron chi connectivity index (χ2n) is 3.69. The Hall–Kier alpha value is -1.10. The second-order valence-corrected chi connectivity index (χ2v) is 3.69. The predicted octanol–water partition coefficient (Wildman–Crippen LogP) is -0.299. The minimum atomic E-state index is -1.11. The monoisotopic (exact) mass is 201 g/mol. The van der Waals surface area contributed by atoms with Gasteiger partial charge in [0.15, 0.2) is 5.41 Å². The number of esters is 1. The van der Waals surface area contributed by atoms with Crippen LogP contribution in [0.5, 0.6) is 0 Å². The average molecular weight is 201 g/mol. The highest BCUT2D eigenvalue weighted by Gasteiger charge is 2.54. The first-order valence-electron chi connectivity index (χ1n) is 4.50. The summed E-state index contributed by atoms with van der Waals surface area (Å²) in [6.07, 6.45) is 0. The van der Waals surface area contributed by atoms with E-state index in [0.29, 0.717) is 0 Å². The van der Waals surface area contributed by atoms with Crippen LogP contribution in [0.15, 0.2) is 0 Å². The molecule has 1 aliphatic heterocycles. The number of ether oxygens (including phenoxy) is 2. The molecule has 1 amide bonds. The fourth-order valence-electron chi connectivity index (χ4n) is 1.24. The van der Waals surface area contributed by atoms with Crippen LogP contribution in [-0.2, 0) is 19.1 Å². The molecule has 80 valence electrons. The smallest absolute Gasteiger partial charge is 0.326 e. The van der Waals surface area contributed by atoms with E-state index < -0.39 is 11.4 Å². The molecular formula is C9H15NO4. The van der Waals surface area contributed by atoms with E-state index in [9.17, 15) is 9.59 Å². The Morgan fingerprint density at radius 1 is 1.43 bits per heavy atom. The van der Waals surface area contributed by atoms with Crippen molar-refractivity contribution in [3.05, 3.63) is 0 Å². The first kappa shape index (κ1) is 11.0. The Balaban J connectivity index is 2.70. The van der Waals surface area contributed by atoms with Gasteiger partial charge in [0.05, 0.1) is 20.3 Å². The number of carbonyl (C=O) groups is 2. The van der Waals surface area contributed by atoms with E-state index in [0.717, 1.165) is 0 Å². The van der Waals surface area contributed by atoms with Crippen LogP contribution in [-0.4, -0.2) is 38.2 Å². The Morgan fingerprint density at radius 3 is 2.29 bits per heavy atom. The zero-order chi connectivity index (χ0) is 10.8. The number of hydrogen-bond donors (Lipinski definition) is 1. The normalized spacial score (nSPS) is 18.6. The molecule has 1 saturated heterocycles. The summed E-state index contributed by atoms with van der Waals surface area (Å²) < 4.78 is 9.48. The van der Waals surface area contributed by atoms with Gasteiger partial charge in [0.25, 0.3) is 0 Å². The average Bonchev–Trinajstić information content (AvgIpc) is 2.00.